The topological polar surface area (TPSA) is 45.2 Å². The van der Waals surface area contributed by atoms with Crippen molar-refractivity contribution in [2.45, 2.75) is 31.7 Å². The molecule has 1 atom stereocenters. The summed E-state index contributed by atoms with van der Waals surface area (Å²) < 4.78 is 0. The molecule has 0 saturated heterocycles. The highest BCUT2D eigenvalue weighted by Gasteiger charge is 2.21. The first-order chi connectivity index (χ1) is 11.2. The monoisotopic (exact) mass is 331 g/mol. The maximum absolute atomic E-state index is 12.2. The van der Waals surface area contributed by atoms with Crippen molar-refractivity contribution in [3.05, 3.63) is 52.8 Å². The molecule has 0 spiro atoms. The minimum atomic E-state index is -0.107. The Morgan fingerprint density at radius 1 is 1.43 bits per heavy atom. The van der Waals surface area contributed by atoms with Crippen LogP contribution in [0.1, 0.15) is 36.0 Å². The molecule has 0 radical (unpaired) electrons. The second kappa shape index (κ2) is 7.75. The quantitative estimate of drug-likeness (QED) is 0.680. The average molecular weight is 332 g/mol. The lowest BCUT2D eigenvalue weighted by Gasteiger charge is -2.34. The molecule has 5 heteroatoms. The van der Waals surface area contributed by atoms with Crippen molar-refractivity contribution in [3.63, 3.8) is 0 Å². The van der Waals surface area contributed by atoms with Crippen LogP contribution in [-0.2, 0) is 0 Å². The molecule has 1 aliphatic carbocycles. The number of allylic oxidation sites excluding steroid dienone is 1. The van der Waals surface area contributed by atoms with Crippen molar-refractivity contribution < 1.29 is 4.79 Å². The van der Waals surface area contributed by atoms with Gasteiger partial charge in [0.1, 0.15) is 5.15 Å². The highest BCUT2D eigenvalue weighted by Crippen LogP contribution is 2.20. The number of amides is 1. The van der Waals surface area contributed by atoms with E-state index in [0.29, 0.717) is 23.3 Å². The van der Waals surface area contributed by atoms with Gasteiger partial charge >= 0.3 is 0 Å². The minimum Gasteiger partial charge on any atom is -0.348 e. The summed E-state index contributed by atoms with van der Waals surface area (Å²) in [5.74, 6) is -0.107. The first kappa shape index (κ1) is 16.2. The first-order valence-corrected chi connectivity index (χ1v) is 8.58. The number of rotatable bonds is 4. The van der Waals surface area contributed by atoms with Crippen LogP contribution in [0, 0.1) is 0 Å². The van der Waals surface area contributed by atoms with Gasteiger partial charge in [0, 0.05) is 37.4 Å². The number of hydrogen-bond donors (Lipinski definition) is 1. The molecular weight excluding hydrogens is 310 g/mol. The highest BCUT2D eigenvalue weighted by molar-refractivity contribution is 6.29. The maximum Gasteiger partial charge on any atom is 0.251 e. The molecular formula is C18H22ClN3O. The van der Waals surface area contributed by atoms with Gasteiger partial charge in [-0.2, -0.15) is 0 Å². The Bertz CT molecular complexity index is 626. The normalized spacial score (nSPS) is 21.8. The van der Waals surface area contributed by atoms with Crippen molar-refractivity contribution in [3.8, 4) is 0 Å². The molecule has 4 nitrogen and oxygen atoms in total. The SMILES string of the molecule is O=C(NCC1=CCCN([C@@H]2C=CCCC2)C1)c1ccnc(Cl)c1. The zero-order chi connectivity index (χ0) is 16.1. The Morgan fingerprint density at radius 3 is 3.13 bits per heavy atom. The van der Waals surface area contributed by atoms with Crippen LogP contribution in [0.2, 0.25) is 5.15 Å². The molecule has 0 aromatic carbocycles. The lowest BCUT2D eigenvalue weighted by Crippen LogP contribution is -2.41. The van der Waals surface area contributed by atoms with E-state index in [2.05, 4.69) is 33.4 Å². The van der Waals surface area contributed by atoms with E-state index >= 15 is 0 Å². The zero-order valence-corrected chi connectivity index (χ0v) is 13.9. The molecule has 0 bridgehead atoms. The molecule has 1 amide bonds. The number of pyridine rings is 1. The van der Waals surface area contributed by atoms with Crippen LogP contribution in [0.15, 0.2) is 42.1 Å². The third-order valence-corrected chi connectivity index (χ3v) is 4.62. The van der Waals surface area contributed by atoms with Crippen LogP contribution in [0.5, 0.6) is 0 Å². The third kappa shape index (κ3) is 4.43. The Balaban J connectivity index is 1.53. The molecule has 1 aliphatic heterocycles. The summed E-state index contributed by atoms with van der Waals surface area (Å²) in [4.78, 5) is 18.6. The summed E-state index contributed by atoms with van der Waals surface area (Å²) in [6, 6.07) is 3.82. The Morgan fingerprint density at radius 2 is 2.35 bits per heavy atom. The van der Waals surface area contributed by atoms with E-state index in [1.165, 1.54) is 24.8 Å². The molecule has 122 valence electrons. The molecule has 3 rings (SSSR count). The van der Waals surface area contributed by atoms with E-state index in [4.69, 9.17) is 11.6 Å². The molecule has 1 aromatic rings. The van der Waals surface area contributed by atoms with Gasteiger partial charge in [-0.15, -0.1) is 0 Å². The Hall–Kier alpha value is -1.65. The fraction of sp³-hybridized carbons (Fsp3) is 0.444. The number of nitrogens with zero attached hydrogens (tertiary/aromatic N) is 2. The van der Waals surface area contributed by atoms with Gasteiger partial charge in [0.05, 0.1) is 0 Å². The molecule has 0 unspecified atom stereocenters. The van der Waals surface area contributed by atoms with Crippen molar-refractivity contribution in [1.82, 2.24) is 15.2 Å². The standard InChI is InChI=1S/C18H22ClN3O/c19-17-11-15(8-9-20-17)18(23)21-12-14-5-4-10-22(13-14)16-6-2-1-3-7-16/h2,5-6,8-9,11,16H,1,3-4,7,10,12-13H2,(H,21,23)/t16-/m1/s1. The van der Waals surface area contributed by atoms with Gasteiger partial charge in [-0.3, -0.25) is 9.69 Å². The molecule has 1 N–H and O–H groups in total. The molecule has 1 aromatic heterocycles. The molecule has 0 saturated carbocycles. The second-order valence-corrected chi connectivity index (χ2v) is 6.49. The summed E-state index contributed by atoms with van der Waals surface area (Å²) in [5, 5.41) is 3.32. The van der Waals surface area contributed by atoms with Crippen molar-refractivity contribution in [2.24, 2.45) is 0 Å². The van der Waals surface area contributed by atoms with Gasteiger partial charge in [-0.1, -0.05) is 29.8 Å². The van der Waals surface area contributed by atoms with E-state index in [1.807, 2.05) is 0 Å². The van der Waals surface area contributed by atoms with Gasteiger partial charge in [0.15, 0.2) is 0 Å². The summed E-state index contributed by atoms with van der Waals surface area (Å²) >= 11 is 5.83. The third-order valence-electron chi connectivity index (χ3n) is 4.42. The lowest BCUT2D eigenvalue weighted by atomic mass is 9.98. The fourth-order valence-electron chi connectivity index (χ4n) is 3.19. The number of aromatic nitrogens is 1. The van der Waals surface area contributed by atoms with Gasteiger partial charge < -0.3 is 5.32 Å². The maximum atomic E-state index is 12.2. The van der Waals surface area contributed by atoms with Crippen LogP contribution in [0.3, 0.4) is 0 Å². The van der Waals surface area contributed by atoms with E-state index in [-0.39, 0.29) is 5.91 Å². The van der Waals surface area contributed by atoms with Crippen LogP contribution >= 0.6 is 11.6 Å². The smallest absolute Gasteiger partial charge is 0.251 e. The second-order valence-electron chi connectivity index (χ2n) is 6.10. The van der Waals surface area contributed by atoms with Gasteiger partial charge in [-0.05, 0) is 43.4 Å². The van der Waals surface area contributed by atoms with Gasteiger partial charge in [0.25, 0.3) is 5.91 Å². The number of halogens is 1. The highest BCUT2D eigenvalue weighted by atomic mass is 35.5. The van der Waals surface area contributed by atoms with Crippen LogP contribution in [-0.4, -0.2) is 41.5 Å². The predicted molar refractivity (Wildman–Crippen MR) is 92.6 cm³/mol. The molecule has 0 fully saturated rings. The van der Waals surface area contributed by atoms with Crippen molar-refractivity contribution in [1.29, 1.82) is 0 Å². The van der Waals surface area contributed by atoms with Crippen molar-refractivity contribution >= 4 is 17.5 Å². The Kier molecular flexibility index (Phi) is 5.47. The van der Waals surface area contributed by atoms with E-state index in [9.17, 15) is 4.79 Å². The summed E-state index contributed by atoms with van der Waals surface area (Å²) in [5.41, 5.74) is 1.83. The van der Waals surface area contributed by atoms with E-state index in [1.54, 1.807) is 18.3 Å². The molecule has 23 heavy (non-hydrogen) atoms. The van der Waals surface area contributed by atoms with Crippen molar-refractivity contribution in [2.75, 3.05) is 19.6 Å². The number of hydrogen-bond acceptors (Lipinski definition) is 3. The summed E-state index contributed by atoms with van der Waals surface area (Å²) in [6.45, 7) is 2.63. The lowest BCUT2D eigenvalue weighted by molar-refractivity contribution is 0.0955. The fourth-order valence-corrected chi connectivity index (χ4v) is 3.36. The largest absolute Gasteiger partial charge is 0.348 e. The summed E-state index contributed by atoms with van der Waals surface area (Å²) in [6.07, 6.45) is 13.2. The van der Waals surface area contributed by atoms with Crippen LogP contribution in [0.4, 0.5) is 0 Å². The average Bonchev–Trinajstić information content (AvgIpc) is 2.61. The first-order valence-electron chi connectivity index (χ1n) is 8.21. The molecule has 2 heterocycles. The zero-order valence-electron chi connectivity index (χ0n) is 13.2. The van der Waals surface area contributed by atoms with Gasteiger partial charge in [-0.25, -0.2) is 4.98 Å². The summed E-state index contributed by atoms with van der Waals surface area (Å²) in [7, 11) is 0. The Labute approximate surface area is 142 Å². The van der Waals surface area contributed by atoms with Crippen LogP contribution < -0.4 is 5.32 Å². The minimum absolute atomic E-state index is 0.107. The van der Waals surface area contributed by atoms with Crippen LogP contribution in [0.25, 0.3) is 0 Å². The number of carbonyl (C=O) groups excluding carboxylic acids is 1. The van der Waals surface area contributed by atoms with Gasteiger partial charge in [0.2, 0.25) is 0 Å². The van der Waals surface area contributed by atoms with E-state index < -0.39 is 0 Å². The predicted octanol–water partition coefficient (Wildman–Crippen LogP) is 3.21. The number of carbonyl (C=O) groups is 1. The molecule has 2 aliphatic rings. The van der Waals surface area contributed by atoms with E-state index in [0.717, 1.165) is 19.5 Å². The number of nitrogens with one attached hydrogen (secondary N) is 1.